The van der Waals surface area contributed by atoms with Gasteiger partial charge in [-0.1, -0.05) is 11.6 Å². The van der Waals surface area contributed by atoms with E-state index in [2.05, 4.69) is 15.1 Å². The Bertz CT molecular complexity index is 877. The Kier molecular flexibility index (Phi) is 3.42. The third-order valence-corrected chi connectivity index (χ3v) is 3.47. The Morgan fingerprint density at radius 1 is 1.36 bits per heavy atom. The van der Waals surface area contributed by atoms with Gasteiger partial charge >= 0.3 is 6.09 Å². The highest BCUT2D eigenvalue weighted by molar-refractivity contribution is 6.29. The lowest BCUT2D eigenvalue weighted by molar-refractivity contribution is 0.203. The molecule has 3 aromatic heterocycles. The van der Waals surface area contributed by atoms with Crippen LogP contribution in [0.4, 0.5) is 10.6 Å². The van der Waals surface area contributed by atoms with Gasteiger partial charge in [-0.05, 0) is 31.2 Å². The molecule has 8 heteroatoms. The van der Waals surface area contributed by atoms with Gasteiger partial charge < -0.3 is 5.11 Å². The van der Waals surface area contributed by atoms with Gasteiger partial charge in [0.15, 0.2) is 5.65 Å². The van der Waals surface area contributed by atoms with Gasteiger partial charge in [-0.25, -0.2) is 19.3 Å². The van der Waals surface area contributed by atoms with Gasteiger partial charge in [0, 0.05) is 18.8 Å². The third kappa shape index (κ3) is 2.35. The number of imidazole rings is 1. The van der Waals surface area contributed by atoms with E-state index in [-0.39, 0.29) is 0 Å². The number of anilines is 1. The highest BCUT2D eigenvalue weighted by Crippen LogP contribution is 2.26. The van der Waals surface area contributed by atoms with Gasteiger partial charge in [0.25, 0.3) is 0 Å². The maximum Gasteiger partial charge on any atom is 0.412 e. The Morgan fingerprint density at radius 2 is 2.14 bits per heavy atom. The van der Waals surface area contributed by atoms with Crippen LogP contribution in [0.25, 0.3) is 16.9 Å². The predicted octanol–water partition coefficient (Wildman–Crippen LogP) is 2.87. The van der Waals surface area contributed by atoms with E-state index < -0.39 is 6.09 Å². The number of amides is 1. The average molecular weight is 318 g/mol. The number of pyridine rings is 1. The molecule has 0 unspecified atom stereocenters. The number of rotatable bonds is 2. The van der Waals surface area contributed by atoms with Crippen LogP contribution < -0.4 is 4.90 Å². The first-order valence-corrected chi connectivity index (χ1v) is 6.80. The van der Waals surface area contributed by atoms with Crippen LogP contribution in [0.15, 0.2) is 30.5 Å². The molecule has 0 atom stereocenters. The van der Waals surface area contributed by atoms with Gasteiger partial charge in [0.05, 0.1) is 11.4 Å². The van der Waals surface area contributed by atoms with Crippen molar-refractivity contribution in [3.05, 3.63) is 41.3 Å². The molecule has 1 N–H and O–H groups in total. The van der Waals surface area contributed by atoms with Crippen LogP contribution in [0, 0.1) is 6.92 Å². The number of aryl methyl sites for hydroxylation is 1. The van der Waals surface area contributed by atoms with E-state index in [9.17, 15) is 4.79 Å². The summed E-state index contributed by atoms with van der Waals surface area (Å²) in [6.07, 6.45) is 0.466. The zero-order valence-corrected chi connectivity index (χ0v) is 12.6. The first-order valence-electron chi connectivity index (χ1n) is 6.42. The highest BCUT2D eigenvalue weighted by Gasteiger charge is 2.16. The van der Waals surface area contributed by atoms with Crippen molar-refractivity contribution >= 4 is 29.2 Å². The quantitative estimate of drug-likeness (QED) is 0.785. The molecule has 1 amide bonds. The summed E-state index contributed by atoms with van der Waals surface area (Å²) in [6, 6.07) is 6.89. The minimum atomic E-state index is -1.08. The van der Waals surface area contributed by atoms with Crippen molar-refractivity contribution in [3.63, 3.8) is 0 Å². The van der Waals surface area contributed by atoms with E-state index in [1.807, 2.05) is 6.92 Å². The summed E-state index contributed by atoms with van der Waals surface area (Å²) >= 11 is 5.95. The molecule has 0 bridgehead atoms. The second-order valence-electron chi connectivity index (χ2n) is 4.72. The van der Waals surface area contributed by atoms with E-state index in [1.54, 1.807) is 35.0 Å². The topological polar surface area (TPSA) is 83.6 Å². The van der Waals surface area contributed by atoms with Crippen LogP contribution in [-0.2, 0) is 0 Å². The lowest BCUT2D eigenvalue weighted by Crippen LogP contribution is -2.24. The summed E-state index contributed by atoms with van der Waals surface area (Å²) in [6.45, 7) is 1.86. The maximum atomic E-state index is 11.1. The summed E-state index contributed by atoms with van der Waals surface area (Å²) in [7, 11) is 1.44. The van der Waals surface area contributed by atoms with Crippen LogP contribution in [0.1, 0.15) is 5.69 Å². The Morgan fingerprint density at radius 3 is 2.86 bits per heavy atom. The molecule has 0 saturated carbocycles. The predicted molar refractivity (Wildman–Crippen MR) is 82.4 cm³/mol. The van der Waals surface area contributed by atoms with Crippen LogP contribution in [-0.4, -0.2) is 37.8 Å². The zero-order valence-electron chi connectivity index (χ0n) is 11.9. The zero-order chi connectivity index (χ0) is 15.9. The molecule has 0 saturated heterocycles. The number of carboxylic acid groups (broad SMARTS) is 1. The summed E-state index contributed by atoms with van der Waals surface area (Å²) in [4.78, 5) is 20.6. The van der Waals surface area contributed by atoms with Crippen molar-refractivity contribution in [3.8, 4) is 11.3 Å². The number of carbonyl (C=O) groups is 1. The normalized spacial score (nSPS) is 10.9. The van der Waals surface area contributed by atoms with E-state index in [4.69, 9.17) is 16.7 Å². The monoisotopic (exact) mass is 317 g/mol. The lowest BCUT2D eigenvalue weighted by atomic mass is 10.1. The van der Waals surface area contributed by atoms with Crippen molar-refractivity contribution in [2.24, 2.45) is 0 Å². The fourth-order valence-corrected chi connectivity index (χ4v) is 2.34. The van der Waals surface area contributed by atoms with Gasteiger partial charge in [-0.3, -0.25) is 4.90 Å². The minimum Gasteiger partial charge on any atom is -0.465 e. The molecule has 22 heavy (non-hydrogen) atoms. The van der Waals surface area contributed by atoms with E-state index in [0.29, 0.717) is 16.6 Å². The fourth-order valence-electron chi connectivity index (χ4n) is 2.20. The molecule has 112 valence electrons. The first-order chi connectivity index (χ1) is 10.5. The second-order valence-corrected chi connectivity index (χ2v) is 5.10. The van der Waals surface area contributed by atoms with E-state index >= 15 is 0 Å². The van der Waals surface area contributed by atoms with E-state index in [0.717, 1.165) is 21.9 Å². The van der Waals surface area contributed by atoms with Crippen molar-refractivity contribution in [1.29, 1.82) is 0 Å². The van der Waals surface area contributed by atoms with Crippen molar-refractivity contribution in [1.82, 2.24) is 19.6 Å². The van der Waals surface area contributed by atoms with E-state index in [1.165, 1.54) is 7.05 Å². The Labute approximate surface area is 130 Å². The summed E-state index contributed by atoms with van der Waals surface area (Å²) in [5, 5.41) is 13.7. The fraction of sp³-hybridized carbons (Fsp3) is 0.143. The Hall–Kier alpha value is -2.67. The third-order valence-electron chi connectivity index (χ3n) is 3.27. The number of hydrogen-bond acceptors (Lipinski definition) is 4. The minimum absolute atomic E-state index is 0.321. The molecular formula is C14H12ClN5O2. The first kappa shape index (κ1) is 14.3. The molecule has 0 radical (unpaired) electrons. The van der Waals surface area contributed by atoms with Gasteiger partial charge in [-0.2, -0.15) is 5.10 Å². The molecule has 0 spiro atoms. The number of aromatic nitrogens is 4. The second kappa shape index (κ2) is 5.27. The van der Waals surface area contributed by atoms with Crippen molar-refractivity contribution < 1.29 is 9.90 Å². The molecular weight excluding hydrogens is 306 g/mol. The smallest absolute Gasteiger partial charge is 0.412 e. The number of fused-ring (bicyclic) bond motifs is 1. The lowest BCUT2D eigenvalue weighted by Gasteiger charge is -2.12. The standard InChI is InChI=1S/C14H12ClN5O2/c1-8-13(20-11(17-8)4-3-10(15)18-20)9-5-6-16-12(7-9)19(2)14(21)22/h3-7H,1-2H3,(H,21,22). The SMILES string of the molecule is Cc1nc2ccc(Cl)nn2c1-c1ccnc(N(C)C(=O)O)c1. The molecule has 3 rings (SSSR count). The van der Waals surface area contributed by atoms with Crippen molar-refractivity contribution in [2.45, 2.75) is 6.92 Å². The van der Waals surface area contributed by atoms with Gasteiger partial charge in [0.2, 0.25) is 0 Å². The number of nitrogens with zero attached hydrogens (tertiary/aromatic N) is 5. The maximum absolute atomic E-state index is 11.1. The van der Waals surface area contributed by atoms with Gasteiger partial charge in [0.1, 0.15) is 11.0 Å². The van der Waals surface area contributed by atoms with Crippen LogP contribution in [0.2, 0.25) is 5.15 Å². The Balaban J connectivity index is 2.19. The number of halogens is 1. The molecule has 0 fully saturated rings. The summed E-state index contributed by atoms with van der Waals surface area (Å²) < 4.78 is 1.64. The van der Waals surface area contributed by atoms with Gasteiger partial charge in [-0.15, -0.1) is 0 Å². The molecule has 0 aromatic carbocycles. The summed E-state index contributed by atoms with van der Waals surface area (Å²) in [5.74, 6) is 0.321. The molecule has 3 heterocycles. The average Bonchev–Trinajstić information content (AvgIpc) is 2.81. The highest BCUT2D eigenvalue weighted by atomic mass is 35.5. The van der Waals surface area contributed by atoms with Crippen molar-refractivity contribution in [2.75, 3.05) is 11.9 Å². The molecule has 7 nitrogen and oxygen atoms in total. The largest absolute Gasteiger partial charge is 0.465 e. The molecule has 3 aromatic rings. The van der Waals surface area contributed by atoms with Crippen LogP contribution in [0.3, 0.4) is 0 Å². The number of hydrogen-bond donors (Lipinski definition) is 1. The molecule has 0 aliphatic rings. The molecule has 0 aliphatic heterocycles. The van der Waals surface area contributed by atoms with Crippen LogP contribution in [0.5, 0.6) is 0 Å². The summed E-state index contributed by atoms with van der Waals surface area (Å²) in [5.41, 5.74) is 2.95. The molecule has 0 aliphatic carbocycles. The van der Waals surface area contributed by atoms with Crippen LogP contribution >= 0.6 is 11.6 Å².